The van der Waals surface area contributed by atoms with Crippen LogP contribution in [0.25, 0.3) is 0 Å². The number of anilines is 2. The Morgan fingerprint density at radius 1 is 1.06 bits per heavy atom. The third kappa shape index (κ3) is 5.90. The molecule has 2 aromatic carbocycles. The molecule has 180 valence electrons. The van der Waals surface area contributed by atoms with Gasteiger partial charge in [0, 0.05) is 13.1 Å². The van der Waals surface area contributed by atoms with E-state index >= 15 is 0 Å². The highest BCUT2D eigenvalue weighted by Gasteiger charge is 2.28. The number of methoxy groups -OCH3 is 1. The molecule has 13 heteroatoms. The van der Waals surface area contributed by atoms with Crippen LogP contribution < -0.4 is 14.4 Å². The number of nitrogens with one attached hydrogen (secondary N) is 1. The highest BCUT2D eigenvalue weighted by Crippen LogP contribution is 2.31. The molecule has 0 unspecified atom stereocenters. The van der Waals surface area contributed by atoms with Gasteiger partial charge in [0.05, 0.1) is 39.7 Å². The lowest BCUT2D eigenvalue weighted by Gasteiger charge is -2.23. The van der Waals surface area contributed by atoms with Crippen LogP contribution >= 0.6 is 23.2 Å². The van der Waals surface area contributed by atoms with Crippen molar-refractivity contribution < 1.29 is 26.4 Å². The van der Waals surface area contributed by atoms with Gasteiger partial charge in [0.1, 0.15) is 12.3 Å². The molecule has 1 heterocycles. The maximum atomic E-state index is 12.9. The molecule has 0 spiro atoms. The van der Waals surface area contributed by atoms with Crippen LogP contribution in [0.1, 0.15) is 12.8 Å². The molecule has 0 aliphatic carbocycles. The number of benzene rings is 2. The molecule has 1 aliphatic rings. The van der Waals surface area contributed by atoms with Crippen LogP contribution in [0.5, 0.6) is 5.75 Å². The number of hydrogen-bond donors (Lipinski definition) is 1. The molecular weight excluding hydrogens is 513 g/mol. The largest absolute Gasteiger partial charge is 0.495 e. The van der Waals surface area contributed by atoms with Gasteiger partial charge in [-0.15, -0.1) is 0 Å². The first-order valence-corrected chi connectivity index (χ1v) is 13.9. The second-order valence-electron chi connectivity index (χ2n) is 7.39. The lowest BCUT2D eigenvalue weighted by Crippen LogP contribution is -2.37. The molecule has 1 aliphatic heterocycles. The molecule has 1 saturated heterocycles. The molecule has 1 amide bonds. The zero-order chi connectivity index (χ0) is 24.4. The predicted octanol–water partition coefficient (Wildman–Crippen LogP) is 3.19. The van der Waals surface area contributed by atoms with E-state index in [1.807, 2.05) is 0 Å². The second kappa shape index (κ2) is 10.1. The molecule has 3 rings (SSSR count). The molecule has 9 nitrogen and oxygen atoms in total. The molecule has 1 fully saturated rings. The molecule has 0 radical (unpaired) electrons. The van der Waals surface area contributed by atoms with Gasteiger partial charge in [0.2, 0.25) is 26.0 Å². The van der Waals surface area contributed by atoms with Crippen molar-refractivity contribution in [2.75, 3.05) is 42.6 Å². The Hall–Kier alpha value is -2.05. The molecule has 0 bridgehead atoms. The van der Waals surface area contributed by atoms with Gasteiger partial charge in [-0.2, -0.15) is 4.31 Å². The summed E-state index contributed by atoms with van der Waals surface area (Å²) in [5, 5.41) is 2.92. The van der Waals surface area contributed by atoms with E-state index in [1.54, 1.807) is 0 Å². The summed E-state index contributed by atoms with van der Waals surface area (Å²) in [5.41, 5.74) is 0.254. The van der Waals surface area contributed by atoms with E-state index in [4.69, 9.17) is 27.9 Å². The third-order valence-corrected chi connectivity index (χ3v) is 8.80. The van der Waals surface area contributed by atoms with E-state index < -0.39 is 32.5 Å². The Kier molecular flexibility index (Phi) is 7.80. The van der Waals surface area contributed by atoms with Crippen molar-refractivity contribution in [3.63, 3.8) is 0 Å². The summed E-state index contributed by atoms with van der Waals surface area (Å²) in [6, 6.07) is 8.32. The maximum absolute atomic E-state index is 12.9. The van der Waals surface area contributed by atoms with Crippen LogP contribution in [-0.4, -0.2) is 60.0 Å². The normalized spacial score (nSPS) is 14.8. The van der Waals surface area contributed by atoms with Crippen molar-refractivity contribution in [1.82, 2.24) is 4.31 Å². The summed E-state index contributed by atoms with van der Waals surface area (Å²) in [6.07, 6.45) is 2.52. The fourth-order valence-electron chi connectivity index (χ4n) is 3.38. The van der Waals surface area contributed by atoms with Gasteiger partial charge in [0.25, 0.3) is 0 Å². The van der Waals surface area contributed by atoms with Crippen molar-refractivity contribution in [2.24, 2.45) is 0 Å². The molecule has 0 aromatic heterocycles. The van der Waals surface area contributed by atoms with Crippen LogP contribution in [0.3, 0.4) is 0 Å². The first-order valence-electron chi connectivity index (χ1n) is 9.84. The summed E-state index contributed by atoms with van der Waals surface area (Å²) >= 11 is 11.9. The van der Waals surface area contributed by atoms with E-state index in [1.165, 1.54) is 47.8 Å². The number of carbonyl (C=O) groups excluding carboxylic acids is 1. The average molecular weight is 536 g/mol. The van der Waals surface area contributed by atoms with Crippen LogP contribution in [0.4, 0.5) is 11.4 Å². The van der Waals surface area contributed by atoms with Crippen molar-refractivity contribution in [3.8, 4) is 5.75 Å². The summed E-state index contributed by atoms with van der Waals surface area (Å²) in [5.74, 6) is -0.482. The first-order chi connectivity index (χ1) is 15.4. The SMILES string of the molecule is COc1ccc(S(=O)(=O)N2CCCC2)cc1NC(=O)CN(c1ccc(Cl)c(Cl)c1)S(C)(=O)=O. The van der Waals surface area contributed by atoms with Crippen LogP contribution in [0.15, 0.2) is 41.3 Å². The highest BCUT2D eigenvalue weighted by atomic mass is 35.5. The zero-order valence-corrected chi connectivity index (χ0v) is 21.1. The van der Waals surface area contributed by atoms with E-state index in [2.05, 4.69) is 5.32 Å². The minimum absolute atomic E-state index is 0.00459. The fourth-order valence-corrected chi connectivity index (χ4v) is 6.07. The molecule has 1 N–H and O–H groups in total. The van der Waals surface area contributed by atoms with Gasteiger partial charge in [-0.1, -0.05) is 23.2 Å². The number of amides is 1. The average Bonchev–Trinajstić information content (AvgIpc) is 3.29. The molecule has 2 aromatic rings. The van der Waals surface area contributed by atoms with Crippen LogP contribution in [0.2, 0.25) is 10.0 Å². The van der Waals surface area contributed by atoms with E-state index in [-0.39, 0.29) is 32.1 Å². The van der Waals surface area contributed by atoms with Gasteiger partial charge in [-0.3, -0.25) is 9.10 Å². The van der Waals surface area contributed by atoms with Crippen LogP contribution in [0, 0.1) is 0 Å². The molecule has 0 saturated carbocycles. The maximum Gasteiger partial charge on any atom is 0.245 e. The smallest absolute Gasteiger partial charge is 0.245 e. The second-order valence-corrected chi connectivity index (χ2v) is 12.0. The number of rotatable bonds is 8. The number of ether oxygens (including phenoxy) is 1. The Morgan fingerprint density at radius 2 is 1.73 bits per heavy atom. The molecule has 33 heavy (non-hydrogen) atoms. The summed E-state index contributed by atoms with van der Waals surface area (Å²) in [4.78, 5) is 12.8. The number of sulfonamides is 2. The quantitative estimate of drug-likeness (QED) is 0.555. The van der Waals surface area contributed by atoms with Gasteiger partial charge in [-0.05, 0) is 49.2 Å². The number of carbonyl (C=O) groups is 1. The van der Waals surface area contributed by atoms with Crippen molar-refractivity contribution in [1.29, 1.82) is 0 Å². The van der Waals surface area contributed by atoms with Gasteiger partial charge < -0.3 is 10.1 Å². The molecular formula is C20H23Cl2N3O6S2. The topological polar surface area (TPSA) is 113 Å². The number of halogens is 2. The number of hydrogen-bond acceptors (Lipinski definition) is 6. The Labute approximate surface area is 203 Å². The van der Waals surface area contributed by atoms with E-state index in [0.717, 1.165) is 23.4 Å². The standard InChI is InChI=1S/C20H23Cl2N3O6S2/c1-31-19-8-6-15(33(29,30)24-9-3-4-10-24)12-18(19)23-20(26)13-25(32(2,27)28)14-5-7-16(21)17(22)11-14/h5-8,11-12H,3-4,9-10,13H2,1-2H3,(H,23,26). The summed E-state index contributed by atoms with van der Waals surface area (Å²) in [6.45, 7) is 0.287. The third-order valence-electron chi connectivity index (χ3n) is 5.03. The summed E-state index contributed by atoms with van der Waals surface area (Å²) < 4.78 is 57.9. The molecule has 0 atom stereocenters. The van der Waals surface area contributed by atoms with E-state index in [9.17, 15) is 21.6 Å². The van der Waals surface area contributed by atoms with Crippen molar-refractivity contribution in [2.45, 2.75) is 17.7 Å². The predicted molar refractivity (Wildman–Crippen MR) is 128 cm³/mol. The Bertz CT molecular complexity index is 1260. The van der Waals surface area contributed by atoms with Crippen molar-refractivity contribution >= 4 is 60.5 Å². The van der Waals surface area contributed by atoms with Gasteiger partial charge in [-0.25, -0.2) is 16.8 Å². The van der Waals surface area contributed by atoms with E-state index in [0.29, 0.717) is 13.1 Å². The first kappa shape index (κ1) is 25.6. The minimum Gasteiger partial charge on any atom is -0.495 e. The number of nitrogens with zero attached hydrogens (tertiary/aromatic N) is 2. The Balaban J connectivity index is 1.88. The lowest BCUT2D eigenvalue weighted by molar-refractivity contribution is -0.114. The minimum atomic E-state index is -3.86. The Morgan fingerprint density at radius 3 is 2.30 bits per heavy atom. The van der Waals surface area contributed by atoms with Gasteiger partial charge in [0.15, 0.2) is 0 Å². The fraction of sp³-hybridized carbons (Fsp3) is 0.350. The summed E-state index contributed by atoms with van der Waals surface area (Å²) in [7, 11) is -6.21. The zero-order valence-electron chi connectivity index (χ0n) is 17.9. The highest BCUT2D eigenvalue weighted by molar-refractivity contribution is 7.92. The monoisotopic (exact) mass is 535 g/mol. The van der Waals surface area contributed by atoms with Gasteiger partial charge >= 0.3 is 0 Å². The van der Waals surface area contributed by atoms with Crippen molar-refractivity contribution in [3.05, 3.63) is 46.4 Å². The van der Waals surface area contributed by atoms with Crippen LogP contribution in [-0.2, 0) is 24.8 Å². The lowest BCUT2D eigenvalue weighted by atomic mass is 10.3.